The number of allylic oxidation sites excluding steroid dienone is 1. The Hall–Kier alpha value is -3.73. The first-order chi connectivity index (χ1) is 14.6. The third-order valence-corrected chi connectivity index (χ3v) is 4.35. The molecule has 0 N–H and O–H groups in total. The molecule has 3 rings (SSSR count). The number of benzene rings is 2. The van der Waals surface area contributed by atoms with Crippen LogP contribution in [0.5, 0.6) is 5.75 Å². The van der Waals surface area contributed by atoms with Gasteiger partial charge < -0.3 is 9.47 Å². The second-order valence-corrected chi connectivity index (χ2v) is 6.70. The molecule has 2 aromatic carbocycles. The Bertz CT molecular complexity index is 1030. The van der Waals surface area contributed by atoms with Gasteiger partial charge in [-0.05, 0) is 24.3 Å². The van der Waals surface area contributed by atoms with E-state index in [0.29, 0.717) is 29.9 Å². The summed E-state index contributed by atoms with van der Waals surface area (Å²) in [5.41, 5.74) is 1.97. The van der Waals surface area contributed by atoms with Gasteiger partial charge in [0.15, 0.2) is 18.2 Å². The van der Waals surface area contributed by atoms with Crippen molar-refractivity contribution in [3.63, 3.8) is 0 Å². The van der Waals surface area contributed by atoms with Crippen molar-refractivity contribution < 1.29 is 23.6 Å². The van der Waals surface area contributed by atoms with Crippen molar-refractivity contribution in [1.29, 1.82) is 0 Å². The number of hydrogen-bond donors (Lipinski definition) is 0. The van der Waals surface area contributed by atoms with Gasteiger partial charge in [-0.25, -0.2) is 9.36 Å². The molecule has 0 aliphatic rings. The number of carbonyl (C=O) groups is 2. The molecule has 3 aromatic rings. The van der Waals surface area contributed by atoms with E-state index in [1.54, 1.807) is 47.2 Å². The normalized spacial score (nSPS) is 10.4. The molecule has 31 heavy (non-hydrogen) atoms. The van der Waals surface area contributed by atoms with E-state index in [4.69, 9.17) is 9.47 Å². The van der Waals surface area contributed by atoms with Gasteiger partial charge in [0.1, 0.15) is 18.4 Å². The number of para-hydroxylation sites is 1. The van der Waals surface area contributed by atoms with E-state index in [1.165, 1.54) is 0 Å². The molecule has 0 radical (unpaired) electrons. The van der Waals surface area contributed by atoms with Crippen LogP contribution >= 0.6 is 0 Å². The number of aromatic nitrogens is 1. The fourth-order valence-electron chi connectivity index (χ4n) is 2.81. The molecule has 160 valence electrons. The molecule has 5 nitrogen and oxygen atoms in total. The summed E-state index contributed by atoms with van der Waals surface area (Å²) in [6, 6.07) is 20.1. The lowest BCUT2D eigenvalue weighted by Crippen LogP contribution is -2.28. The number of ether oxygens (including phenoxy) is 2. The van der Waals surface area contributed by atoms with E-state index >= 15 is 0 Å². The van der Waals surface area contributed by atoms with Crippen LogP contribution in [0.4, 0.5) is 0 Å². The molecule has 0 aliphatic heterocycles. The van der Waals surface area contributed by atoms with Crippen molar-refractivity contribution in [3.8, 4) is 5.75 Å². The number of aryl methyl sites for hydroxylation is 1. The molecule has 5 heteroatoms. The van der Waals surface area contributed by atoms with Crippen molar-refractivity contribution in [1.82, 2.24) is 0 Å². The first-order valence-corrected chi connectivity index (χ1v) is 9.75. The highest BCUT2D eigenvalue weighted by Crippen LogP contribution is 2.20. The smallest absolute Gasteiger partial charge is 0.344 e. The Balaban J connectivity index is 0.00000341. The Morgan fingerprint density at radius 2 is 1.61 bits per heavy atom. The minimum atomic E-state index is -0.353. The Morgan fingerprint density at radius 1 is 0.903 bits per heavy atom. The number of nitrogens with zero attached hydrogens (tertiary/aromatic N) is 1. The topological polar surface area (TPSA) is 56.5 Å². The first-order valence-electron chi connectivity index (χ1n) is 9.75. The molecule has 0 fully saturated rings. The molecule has 0 saturated carbocycles. The van der Waals surface area contributed by atoms with E-state index < -0.39 is 0 Å². The third kappa shape index (κ3) is 7.23. The van der Waals surface area contributed by atoms with Gasteiger partial charge in [-0.15, -0.1) is 0 Å². The van der Waals surface area contributed by atoms with Crippen LogP contribution < -0.4 is 9.30 Å². The van der Waals surface area contributed by atoms with Crippen molar-refractivity contribution in [3.05, 3.63) is 102 Å². The highest BCUT2D eigenvalue weighted by molar-refractivity contribution is 6.06. The summed E-state index contributed by atoms with van der Waals surface area (Å²) in [6.45, 7) is 0.662. The summed E-state index contributed by atoms with van der Waals surface area (Å²) in [4.78, 5) is 24.3. The maximum Gasteiger partial charge on any atom is 0.344 e. The number of rotatable bonds is 9. The maximum atomic E-state index is 12.3. The summed E-state index contributed by atoms with van der Waals surface area (Å²) in [5.74, 6) is 0.261. The van der Waals surface area contributed by atoms with Crippen LogP contribution in [-0.2, 0) is 11.8 Å². The summed E-state index contributed by atoms with van der Waals surface area (Å²) < 4.78 is 12.9. The lowest BCUT2D eigenvalue weighted by atomic mass is 10.1. The van der Waals surface area contributed by atoms with Crippen molar-refractivity contribution in [2.45, 2.75) is 13.8 Å². The van der Waals surface area contributed by atoms with E-state index in [2.05, 4.69) is 0 Å². The number of esters is 1. The van der Waals surface area contributed by atoms with E-state index in [-0.39, 0.29) is 25.8 Å². The van der Waals surface area contributed by atoms with Crippen LogP contribution in [0.2, 0.25) is 0 Å². The first kappa shape index (κ1) is 23.5. The van der Waals surface area contributed by atoms with Gasteiger partial charge in [-0.2, -0.15) is 0 Å². The lowest BCUT2D eigenvalue weighted by Gasteiger charge is -2.09. The predicted molar refractivity (Wildman–Crippen MR) is 121 cm³/mol. The van der Waals surface area contributed by atoms with Crippen molar-refractivity contribution in [2.75, 3.05) is 13.2 Å². The highest BCUT2D eigenvalue weighted by Gasteiger charge is 2.10. The SMILES string of the molecule is C.C[n+]1cccc(C(=O)OCCCOc2ccccc2C=CC(=O)c2ccccc2)c1. The van der Waals surface area contributed by atoms with E-state index in [1.807, 2.05) is 55.7 Å². The third-order valence-electron chi connectivity index (χ3n) is 4.35. The van der Waals surface area contributed by atoms with Gasteiger partial charge in [0.05, 0.1) is 13.2 Å². The monoisotopic (exact) mass is 418 g/mol. The number of hydrogen-bond acceptors (Lipinski definition) is 4. The molecule has 0 saturated heterocycles. The fourth-order valence-corrected chi connectivity index (χ4v) is 2.81. The summed E-state index contributed by atoms with van der Waals surface area (Å²) >= 11 is 0. The zero-order chi connectivity index (χ0) is 21.2. The van der Waals surface area contributed by atoms with Crippen LogP contribution in [0.15, 0.2) is 85.2 Å². The Labute approximate surface area is 183 Å². The lowest BCUT2D eigenvalue weighted by molar-refractivity contribution is -0.671. The van der Waals surface area contributed by atoms with Gasteiger partial charge in [0.2, 0.25) is 0 Å². The Kier molecular flexibility index (Phi) is 9.17. The van der Waals surface area contributed by atoms with Gasteiger partial charge in [0.25, 0.3) is 0 Å². The molecule has 0 spiro atoms. The summed E-state index contributed by atoms with van der Waals surface area (Å²) in [5, 5.41) is 0. The molecule has 0 bridgehead atoms. The quantitative estimate of drug-likeness (QED) is 0.167. The predicted octanol–water partition coefficient (Wildman–Crippen LogP) is 4.67. The molecule has 1 aromatic heterocycles. The number of carbonyl (C=O) groups excluding carboxylic acids is 2. The molecule has 0 unspecified atom stereocenters. The second-order valence-electron chi connectivity index (χ2n) is 6.70. The summed E-state index contributed by atoms with van der Waals surface area (Å²) in [6.07, 6.45) is 7.42. The Morgan fingerprint density at radius 3 is 2.39 bits per heavy atom. The van der Waals surface area contributed by atoms with Crippen molar-refractivity contribution >= 4 is 17.8 Å². The number of pyridine rings is 1. The van der Waals surface area contributed by atoms with E-state index in [0.717, 1.165) is 5.56 Å². The van der Waals surface area contributed by atoms with Gasteiger partial charge in [0, 0.05) is 23.6 Å². The second kappa shape index (κ2) is 12.1. The molecule has 0 amide bonds. The molecular formula is C26H28NO4+. The molecule has 0 atom stereocenters. The minimum Gasteiger partial charge on any atom is -0.493 e. The standard InChI is InChI=1S/C25H24NO4.CH4/c1-26-16-7-12-22(19-26)25(28)30-18-8-17-29-24-13-6-5-11-21(24)14-15-23(27)20-9-3-2-4-10-20;/h2-7,9-16,19H,8,17-18H2,1H3;1H4/q+1;. The van der Waals surface area contributed by atoms with Gasteiger partial charge >= 0.3 is 5.97 Å². The minimum absolute atomic E-state index is 0. The average Bonchev–Trinajstić information content (AvgIpc) is 2.78. The molecule has 0 aliphatic carbocycles. The number of ketones is 1. The molecule has 1 heterocycles. The van der Waals surface area contributed by atoms with Crippen LogP contribution in [-0.4, -0.2) is 25.0 Å². The highest BCUT2D eigenvalue weighted by atomic mass is 16.5. The van der Waals surface area contributed by atoms with Crippen LogP contribution in [0.3, 0.4) is 0 Å². The van der Waals surface area contributed by atoms with Gasteiger partial charge in [-0.3, -0.25) is 4.79 Å². The van der Waals surface area contributed by atoms with Crippen LogP contribution in [0.1, 0.15) is 40.1 Å². The maximum absolute atomic E-state index is 12.3. The van der Waals surface area contributed by atoms with Crippen molar-refractivity contribution in [2.24, 2.45) is 7.05 Å². The summed E-state index contributed by atoms with van der Waals surface area (Å²) in [7, 11) is 1.85. The zero-order valence-corrected chi connectivity index (χ0v) is 16.9. The molecular weight excluding hydrogens is 390 g/mol. The zero-order valence-electron chi connectivity index (χ0n) is 16.9. The van der Waals surface area contributed by atoms with E-state index in [9.17, 15) is 9.59 Å². The van der Waals surface area contributed by atoms with Crippen LogP contribution in [0, 0.1) is 0 Å². The van der Waals surface area contributed by atoms with Gasteiger partial charge in [-0.1, -0.05) is 56.0 Å². The largest absolute Gasteiger partial charge is 0.493 e. The average molecular weight is 419 g/mol. The van der Waals surface area contributed by atoms with Crippen LogP contribution in [0.25, 0.3) is 6.08 Å². The fraction of sp³-hybridized carbons (Fsp3) is 0.192.